The molecule has 7 nitrogen and oxygen atoms in total. The highest BCUT2D eigenvalue weighted by atomic mass is 19.4. The molecule has 2 amide bonds. The molecular formula is C17H11F6NO6. The van der Waals surface area contributed by atoms with Crippen LogP contribution in [0.15, 0.2) is 24.3 Å². The first kappa shape index (κ1) is 21.6. The van der Waals surface area contributed by atoms with E-state index in [0.29, 0.717) is 4.90 Å². The fourth-order valence-electron chi connectivity index (χ4n) is 3.12. The second kappa shape index (κ2) is 6.99. The summed E-state index contributed by atoms with van der Waals surface area (Å²) < 4.78 is 82.3. The minimum Gasteiger partial charge on any atom is -0.455 e. The average molecular weight is 439 g/mol. The standard InChI is InChI=1S/C17H11F6NO6/c18-16(19,20)6-29-13(27)15(14(28)30-7-17(21,22)23)5-10(15)24-11(25)8-3-1-2-4-9(8)12(24)26/h1-4,10H,5-7H2. The van der Waals surface area contributed by atoms with Crippen molar-refractivity contribution >= 4 is 23.8 Å². The third-order valence-electron chi connectivity index (χ3n) is 4.52. The minimum absolute atomic E-state index is 0.0874. The number of hydrogen-bond acceptors (Lipinski definition) is 6. The summed E-state index contributed by atoms with van der Waals surface area (Å²) in [5.41, 5.74) is -2.85. The number of benzene rings is 1. The Bertz CT molecular complexity index is 859. The first-order chi connectivity index (χ1) is 13.8. The fraction of sp³-hybridized carbons (Fsp3) is 0.412. The Balaban J connectivity index is 1.88. The number of halogens is 6. The number of alkyl halides is 6. The highest BCUT2D eigenvalue weighted by Gasteiger charge is 2.73. The molecule has 30 heavy (non-hydrogen) atoms. The van der Waals surface area contributed by atoms with Gasteiger partial charge >= 0.3 is 24.3 Å². The van der Waals surface area contributed by atoms with Crippen LogP contribution < -0.4 is 0 Å². The highest BCUT2D eigenvalue weighted by molar-refractivity contribution is 6.23. The zero-order chi connectivity index (χ0) is 22.5. The summed E-state index contributed by atoms with van der Waals surface area (Å²) in [6.07, 6.45) is -10.7. The maximum atomic E-state index is 12.5. The van der Waals surface area contributed by atoms with Gasteiger partial charge in [-0.2, -0.15) is 26.3 Å². The number of carbonyl (C=O) groups excluding carboxylic acids is 4. The first-order valence-electron chi connectivity index (χ1n) is 8.23. The number of hydrogen-bond donors (Lipinski definition) is 0. The van der Waals surface area contributed by atoms with E-state index in [0.717, 1.165) is 0 Å². The minimum atomic E-state index is -4.98. The van der Waals surface area contributed by atoms with Crippen LogP contribution >= 0.6 is 0 Å². The van der Waals surface area contributed by atoms with Crippen molar-refractivity contribution in [3.8, 4) is 0 Å². The van der Waals surface area contributed by atoms with Gasteiger partial charge in [0.15, 0.2) is 18.6 Å². The molecule has 1 aliphatic carbocycles. The van der Waals surface area contributed by atoms with Crippen LogP contribution in [0.25, 0.3) is 0 Å². The monoisotopic (exact) mass is 439 g/mol. The summed E-state index contributed by atoms with van der Waals surface area (Å²) >= 11 is 0. The molecule has 1 atom stereocenters. The van der Waals surface area contributed by atoms with Gasteiger partial charge in [0.1, 0.15) is 0 Å². The van der Waals surface area contributed by atoms with E-state index in [9.17, 15) is 45.5 Å². The molecule has 13 heteroatoms. The second-order valence-corrected chi connectivity index (χ2v) is 6.60. The lowest BCUT2D eigenvalue weighted by Crippen LogP contribution is -2.43. The van der Waals surface area contributed by atoms with Crippen molar-refractivity contribution in [3.63, 3.8) is 0 Å². The highest BCUT2D eigenvalue weighted by Crippen LogP contribution is 2.53. The normalized spacial score (nSPS) is 20.1. The summed E-state index contributed by atoms with van der Waals surface area (Å²) in [5.74, 6) is -5.58. The van der Waals surface area contributed by atoms with Crippen LogP contribution in [0, 0.1) is 5.41 Å². The van der Waals surface area contributed by atoms with Crippen molar-refractivity contribution in [1.29, 1.82) is 0 Å². The number of carbonyl (C=O) groups is 4. The van der Waals surface area contributed by atoms with Crippen LogP contribution in [-0.2, 0) is 19.1 Å². The molecule has 3 rings (SSSR count). The van der Waals surface area contributed by atoms with Gasteiger partial charge in [0.25, 0.3) is 11.8 Å². The summed E-state index contributed by atoms with van der Waals surface area (Å²) in [4.78, 5) is 49.9. The average Bonchev–Trinajstić information content (AvgIpc) is 3.33. The predicted octanol–water partition coefficient (Wildman–Crippen LogP) is 2.25. The fourth-order valence-corrected chi connectivity index (χ4v) is 3.12. The Morgan fingerprint density at radius 1 is 0.900 bits per heavy atom. The maximum Gasteiger partial charge on any atom is 0.422 e. The van der Waals surface area contributed by atoms with E-state index >= 15 is 0 Å². The van der Waals surface area contributed by atoms with Crippen LogP contribution in [0.3, 0.4) is 0 Å². The lowest BCUT2D eigenvalue weighted by Gasteiger charge is -2.20. The van der Waals surface area contributed by atoms with E-state index in [1.165, 1.54) is 24.3 Å². The molecule has 0 saturated heterocycles. The van der Waals surface area contributed by atoms with E-state index in [1.807, 2.05) is 0 Å². The molecule has 162 valence electrons. The molecule has 1 saturated carbocycles. The molecule has 1 heterocycles. The van der Waals surface area contributed by atoms with Gasteiger partial charge in [-0.15, -0.1) is 0 Å². The van der Waals surface area contributed by atoms with E-state index < -0.39 is 67.2 Å². The van der Waals surface area contributed by atoms with Crippen molar-refractivity contribution < 1.29 is 55.0 Å². The third-order valence-corrected chi connectivity index (χ3v) is 4.52. The van der Waals surface area contributed by atoms with Gasteiger partial charge < -0.3 is 9.47 Å². The lowest BCUT2D eigenvalue weighted by atomic mass is 10.1. The smallest absolute Gasteiger partial charge is 0.422 e. The van der Waals surface area contributed by atoms with Crippen LogP contribution in [0.5, 0.6) is 0 Å². The number of ether oxygens (including phenoxy) is 2. The predicted molar refractivity (Wildman–Crippen MR) is 81.8 cm³/mol. The van der Waals surface area contributed by atoms with Gasteiger partial charge in [-0.25, -0.2) is 0 Å². The Morgan fingerprint density at radius 3 is 1.67 bits per heavy atom. The van der Waals surface area contributed by atoms with Crippen molar-refractivity contribution in [2.75, 3.05) is 13.2 Å². The quantitative estimate of drug-likeness (QED) is 0.303. The van der Waals surface area contributed by atoms with Gasteiger partial charge in [-0.05, 0) is 18.6 Å². The van der Waals surface area contributed by atoms with Crippen LogP contribution in [0.1, 0.15) is 27.1 Å². The number of imide groups is 1. The summed E-state index contributed by atoms with van der Waals surface area (Å²) in [6, 6.07) is 3.73. The molecule has 0 N–H and O–H groups in total. The van der Waals surface area contributed by atoms with Gasteiger partial charge in [-0.1, -0.05) is 12.1 Å². The molecule has 1 fully saturated rings. The Labute approximate surface area is 163 Å². The number of nitrogens with zero attached hydrogens (tertiary/aromatic N) is 1. The molecule has 0 aromatic heterocycles. The zero-order valence-corrected chi connectivity index (χ0v) is 14.7. The largest absolute Gasteiger partial charge is 0.455 e. The molecule has 0 radical (unpaired) electrons. The third kappa shape index (κ3) is 3.83. The summed E-state index contributed by atoms with van der Waals surface area (Å²) in [5, 5.41) is 0. The van der Waals surface area contributed by atoms with Gasteiger partial charge in [0, 0.05) is 0 Å². The summed E-state index contributed by atoms with van der Waals surface area (Å²) in [7, 11) is 0. The zero-order valence-electron chi connectivity index (χ0n) is 14.7. The number of rotatable bonds is 5. The lowest BCUT2D eigenvalue weighted by molar-refractivity contribution is -0.201. The van der Waals surface area contributed by atoms with Crippen molar-refractivity contribution in [1.82, 2.24) is 4.90 Å². The number of amides is 2. The molecule has 1 unspecified atom stereocenters. The molecule has 1 aromatic rings. The van der Waals surface area contributed by atoms with E-state index in [1.54, 1.807) is 0 Å². The molecule has 2 aliphatic rings. The topological polar surface area (TPSA) is 90.0 Å². The molecule has 0 bridgehead atoms. The summed E-state index contributed by atoms with van der Waals surface area (Å²) in [6.45, 7) is -4.23. The molecule has 1 aromatic carbocycles. The van der Waals surface area contributed by atoms with Crippen molar-refractivity contribution in [3.05, 3.63) is 35.4 Å². The SMILES string of the molecule is O=C1c2ccccc2C(=O)N1C1CC1(C(=O)OCC(F)(F)F)C(=O)OCC(F)(F)F. The second-order valence-electron chi connectivity index (χ2n) is 6.60. The number of esters is 2. The van der Waals surface area contributed by atoms with Gasteiger partial charge in [-0.3, -0.25) is 24.1 Å². The van der Waals surface area contributed by atoms with Crippen molar-refractivity contribution in [2.24, 2.45) is 5.41 Å². The van der Waals surface area contributed by atoms with Crippen molar-refractivity contribution in [2.45, 2.75) is 24.8 Å². The molecular weight excluding hydrogens is 428 g/mol. The van der Waals surface area contributed by atoms with Gasteiger partial charge in [0.2, 0.25) is 0 Å². The van der Waals surface area contributed by atoms with Gasteiger partial charge in [0.05, 0.1) is 17.2 Å². The van der Waals surface area contributed by atoms with Crippen LogP contribution in [0.2, 0.25) is 0 Å². The Morgan fingerprint density at radius 2 is 1.30 bits per heavy atom. The molecule has 1 aliphatic heterocycles. The Hall–Kier alpha value is -3.12. The van der Waals surface area contributed by atoms with E-state index in [4.69, 9.17) is 0 Å². The first-order valence-corrected chi connectivity index (χ1v) is 8.23. The maximum absolute atomic E-state index is 12.5. The number of fused-ring (bicyclic) bond motifs is 1. The van der Waals surface area contributed by atoms with E-state index in [-0.39, 0.29) is 11.1 Å². The van der Waals surface area contributed by atoms with Crippen LogP contribution in [-0.4, -0.2) is 60.3 Å². The Kier molecular flexibility index (Phi) is 5.03. The van der Waals surface area contributed by atoms with E-state index in [2.05, 4.69) is 9.47 Å². The van der Waals surface area contributed by atoms with Crippen LogP contribution in [0.4, 0.5) is 26.3 Å². The molecule has 0 spiro atoms.